The molecule has 0 saturated carbocycles. The van der Waals surface area contributed by atoms with E-state index in [9.17, 15) is 9.59 Å². The molecule has 1 spiro atoms. The normalized spacial score (nSPS) is 21.5. The van der Waals surface area contributed by atoms with Crippen LogP contribution in [0.2, 0.25) is 0 Å². The van der Waals surface area contributed by atoms with E-state index in [2.05, 4.69) is 4.98 Å². The molecular formula is C21H19N3O3. The van der Waals surface area contributed by atoms with Gasteiger partial charge in [-0.15, -0.1) is 0 Å². The van der Waals surface area contributed by atoms with E-state index in [0.29, 0.717) is 48.6 Å². The molecule has 0 unspecified atom stereocenters. The molecule has 6 heteroatoms. The molecule has 1 fully saturated rings. The van der Waals surface area contributed by atoms with Crippen molar-refractivity contribution in [1.82, 2.24) is 14.3 Å². The first-order chi connectivity index (χ1) is 13.1. The first-order valence-electron chi connectivity index (χ1n) is 9.11. The van der Waals surface area contributed by atoms with Gasteiger partial charge in [0.25, 0.3) is 5.91 Å². The molecule has 1 saturated heterocycles. The van der Waals surface area contributed by atoms with E-state index in [4.69, 9.17) is 4.74 Å². The molecule has 0 aliphatic carbocycles. The van der Waals surface area contributed by atoms with Crippen molar-refractivity contribution in [2.45, 2.75) is 25.4 Å². The number of likely N-dealkylation sites (tertiary alicyclic amines) is 1. The largest absolute Gasteiger partial charge is 0.484 e. The monoisotopic (exact) mass is 361 g/mol. The number of imidazole rings is 1. The maximum atomic E-state index is 13.2. The zero-order valence-corrected chi connectivity index (χ0v) is 15.0. The molecule has 1 aromatic carbocycles. The van der Waals surface area contributed by atoms with Crippen LogP contribution in [-0.4, -0.2) is 44.7 Å². The number of pyridine rings is 1. The Balaban J connectivity index is 1.45. The van der Waals surface area contributed by atoms with Crippen LogP contribution in [0.3, 0.4) is 0 Å². The third-order valence-electron chi connectivity index (χ3n) is 5.51. The molecular weight excluding hydrogens is 342 g/mol. The van der Waals surface area contributed by atoms with Crippen LogP contribution in [0.25, 0.3) is 5.65 Å². The zero-order chi connectivity index (χ0) is 18.6. The molecule has 3 aromatic rings. The predicted molar refractivity (Wildman–Crippen MR) is 99.2 cm³/mol. The maximum Gasteiger partial charge on any atom is 0.272 e. The second-order valence-electron chi connectivity index (χ2n) is 7.33. The highest BCUT2D eigenvalue weighted by Gasteiger charge is 2.47. The van der Waals surface area contributed by atoms with Gasteiger partial charge in [0, 0.05) is 19.2 Å². The number of para-hydroxylation sites is 1. The number of rotatable bonds is 1. The lowest BCUT2D eigenvalue weighted by atomic mass is 9.89. The van der Waals surface area contributed by atoms with E-state index in [1.54, 1.807) is 11.0 Å². The van der Waals surface area contributed by atoms with E-state index in [0.717, 1.165) is 5.65 Å². The van der Waals surface area contributed by atoms with E-state index in [1.165, 1.54) is 0 Å². The minimum atomic E-state index is -0.629. The number of Topliss-reactive ketones (excluding diaryl/α,β-unsaturated/α-hetero) is 1. The van der Waals surface area contributed by atoms with E-state index in [1.807, 2.05) is 53.9 Å². The highest BCUT2D eigenvalue weighted by Crippen LogP contribution is 2.39. The summed E-state index contributed by atoms with van der Waals surface area (Å²) in [5.41, 5.74) is 2.04. The summed E-state index contributed by atoms with van der Waals surface area (Å²) >= 11 is 0. The Morgan fingerprint density at radius 3 is 2.89 bits per heavy atom. The highest BCUT2D eigenvalue weighted by molar-refractivity contribution is 6.00. The number of carbonyl (C=O) groups excluding carboxylic acids is 2. The lowest BCUT2D eigenvalue weighted by molar-refractivity contribution is 0.0426. The number of carbonyl (C=O) groups is 2. The van der Waals surface area contributed by atoms with Gasteiger partial charge in [0.1, 0.15) is 22.7 Å². The van der Waals surface area contributed by atoms with Crippen LogP contribution in [0.15, 0.2) is 48.7 Å². The van der Waals surface area contributed by atoms with Crippen molar-refractivity contribution >= 4 is 17.3 Å². The van der Waals surface area contributed by atoms with Crippen molar-refractivity contribution in [2.75, 3.05) is 13.1 Å². The van der Waals surface area contributed by atoms with Crippen LogP contribution < -0.4 is 4.74 Å². The molecule has 0 N–H and O–H groups in total. The summed E-state index contributed by atoms with van der Waals surface area (Å²) in [6.07, 6.45) is 2.81. The van der Waals surface area contributed by atoms with Gasteiger partial charge in [-0.1, -0.05) is 18.2 Å². The number of ketones is 1. The number of aromatic nitrogens is 2. The van der Waals surface area contributed by atoms with E-state index >= 15 is 0 Å². The summed E-state index contributed by atoms with van der Waals surface area (Å²) in [5.74, 6) is 0.629. The smallest absolute Gasteiger partial charge is 0.272 e. The molecule has 136 valence electrons. The zero-order valence-electron chi connectivity index (χ0n) is 15.0. The van der Waals surface area contributed by atoms with Gasteiger partial charge < -0.3 is 9.64 Å². The van der Waals surface area contributed by atoms with Gasteiger partial charge in [-0.05, 0) is 31.2 Å². The van der Waals surface area contributed by atoms with Gasteiger partial charge in [-0.2, -0.15) is 0 Å². The minimum absolute atomic E-state index is 0.0713. The van der Waals surface area contributed by atoms with Crippen molar-refractivity contribution in [1.29, 1.82) is 0 Å². The summed E-state index contributed by atoms with van der Waals surface area (Å²) in [5, 5.41) is 0. The van der Waals surface area contributed by atoms with Gasteiger partial charge in [0.15, 0.2) is 5.78 Å². The fraction of sp³-hybridized carbons (Fsp3) is 0.286. The Labute approximate surface area is 156 Å². The van der Waals surface area contributed by atoms with Crippen LogP contribution in [0, 0.1) is 6.92 Å². The van der Waals surface area contributed by atoms with Crippen LogP contribution >= 0.6 is 0 Å². The van der Waals surface area contributed by atoms with Crippen LogP contribution in [-0.2, 0) is 0 Å². The molecule has 6 nitrogen and oxygen atoms in total. The highest BCUT2D eigenvalue weighted by atomic mass is 16.5. The number of aryl methyl sites for hydroxylation is 1. The summed E-state index contributed by atoms with van der Waals surface area (Å²) in [6, 6.07) is 13.0. The quantitative estimate of drug-likeness (QED) is 0.669. The summed E-state index contributed by atoms with van der Waals surface area (Å²) < 4.78 is 8.05. The van der Waals surface area contributed by atoms with Gasteiger partial charge in [0.05, 0.1) is 24.2 Å². The third-order valence-corrected chi connectivity index (χ3v) is 5.51. The fourth-order valence-corrected chi connectivity index (χ4v) is 4.21. The fourth-order valence-electron chi connectivity index (χ4n) is 4.21. The van der Waals surface area contributed by atoms with Crippen LogP contribution in [0.5, 0.6) is 5.75 Å². The van der Waals surface area contributed by atoms with Crippen LogP contribution in [0.4, 0.5) is 0 Å². The molecule has 27 heavy (non-hydrogen) atoms. The van der Waals surface area contributed by atoms with Gasteiger partial charge in [-0.3, -0.25) is 14.0 Å². The number of ether oxygens (including phenoxy) is 1. The minimum Gasteiger partial charge on any atom is -0.484 e. The molecule has 1 amide bonds. The Bertz CT molecular complexity index is 1090. The van der Waals surface area contributed by atoms with Crippen molar-refractivity contribution in [2.24, 2.45) is 0 Å². The molecule has 0 bridgehead atoms. The SMILES string of the molecule is Cc1nc2ccccn2c1C(=O)N1CC[C@]2(CC(=O)c3ccccc3O2)C1. The van der Waals surface area contributed by atoms with Crippen molar-refractivity contribution < 1.29 is 14.3 Å². The number of hydrogen-bond donors (Lipinski definition) is 0. The average Bonchev–Trinajstić information content (AvgIpc) is 3.21. The van der Waals surface area contributed by atoms with E-state index in [-0.39, 0.29) is 11.7 Å². The molecule has 2 aliphatic heterocycles. The van der Waals surface area contributed by atoms with E-state index < -0.39 is 5.60 Å². The molecule has 1 atom stereocenters. The Hall–Kier alpha value is -3.15. The molecule has 5 rings (SSSR count). The van der Waals surface area contributed by atoms with Gasteiger partial charge in [-0.25, -0.2) is 4.98 Å². The Morgan fingerprint density at radius 2 is 2.00 bits per heavy atom. The average molecular weight is 361 g/mol. The van der Waals surface area contributed by atoms with Crippen LogP contribution in [0.1, 0.15) is 39.4 Å². The third kappa shape index (κ3) is 2.44. The van der Waals surface area contributed by atoms with Crippen molar-refractivity contribution in [3.8, 4) is 5.75 Å². The Kier molecular flexibility index (Phi) is 3.37. The summed E-state index contributed by atoms with van der Waals surface area (Å²) in [7, 11) is 0. The topological polar surface area (TPSA) is 63.9 Å². The number of benzene rings is 1. The first kappa shape index (κ1) is 16.1. The predicted octanol–water partition coefficient (Wildman–Crippen LogP) is 2.89. The second-order valence-corrected chi connectivity index (χ2v) is 7.33. The molecule has 0 radical (unpaired) electrons. The summed E-state index contributed by atoms with van der Waals surface area (Å²) in [6.45, 7) is 2.82. The number of hydrogen-bond acceptors (Lipinski definition) is 4. The Morgan fingerprint density at radius 1 is 1.19 bits per heavy atom. The van der Waals surface area contributed by atoms with Gasteiger partial charge >= 0.3 is 0 Å². The van der Waals surface area contributed by atoms with Crippen molar-refractivity contribution in [3.05, 3.63) is 65.6 Å². The number of nitrogens with zero attached hydrogens (tertiary/aromatic N) is 3. The maximum absolute atomic E-state index is 13.2. The molecule has 2 aliphatic rings. The summed E-state index contributed by atoms with van der Waals surface area (Å²) in [4.78, 5) is 32.1. The molecule has 2 aromatic heterocycles. The lowest BCUT2D eigenvalue weighted by Crippen LogP contribution is -2.45. The van der Waals surface area contributed by atoms with Crippen molar-refractivity contribution in [3.63, 3.8) is 0 Å². The standard InChI is InChI=1S/C21H19N3O3/c1-14-19(24-10-5-4-8-18(24)22-14)20(26)23-11-9-21(13-23)12-16(25)15-6-2-3-7-17(15)27-21/h2-8,10H,9,11-13H2,1H3/t21-/m0/s1. The lowest BCUT2D eigenvalue weighted by Gasteiger charge is -2.34. The molecule has 4 heterocycles. The van der Waals surface area contributed by atoms with Gasteiger partial charge in [0.2, 0.25) is 0 Å². The number of fused-ring (bicyclic) bond motifs is 2. The number of amides is 1. The first-order valence-corrected chi connectivity index (χ1v) is 9.11. The second kappa shape index (κ2) is 5.67.